The fourth-order valence-electron chi connectivity index (χ4n) is 4.78. The highest BCUT2D eigenvalue weighted by atomic mass is 35.5. The normalized spacial score (nSPS) is 11.9. The van der Waals surface area contributed by atoms with Crippen LogP contribution in [0, 0.1) is 0 Å². The molecule has 0 aliphatic rings. The Balaban J connectivity index is 1.80. The van der Waals surface area contributed by atoms with Crippen molar-refractivity contribution in [3.8, 4) is 0 Å². The lowest BCUT2D eigenvalue weighted by Crippen LogP contribution is -2.53. The van der Waals surface area contributed by atoms with Crippen molar-refractivity contribution in [1.29, 1.82) is 0 Å². The fourth-order valence-corrected chi connectivity index (χ4v) is 6.84. The van der Waals surface area contributed by atoms with Gasteiger partial charge in [0.15, 0.2) is 0 Å². The summed E-state index contributed by atoms with van der Waals surface area (Å²) < 4.78 is 29.1. The Morgan fingerprint density at radius 1 is 0.778 bits per heavy atom. The molecular weight excluding hydrogens is 653 g/mol. The van der Waals surface area contributed by atoms with E-state index in [4.69, 9.17) is 34.8 Å². The minimum absolute atomic E-state index is 0.0173. The van der Waals surface area contributed by atoms with Crippen LogP contribution >= 0.6 is 34.8 Å². The first-order valence-corrected chi connectivity index (χ1v) is 17.1. The molecule has 1 N–H and O–H groups in total. The topological polar surface area (TPSA) is 86.8 Å². The molecule has 0 aliphatic heterocycles. The van der Waals surface area contributed by atoms with Gasteiger partial charge in [-0.15, -0.1) is 0 Å². The predicted octanol–water partition coefficient (Wildman–Crippen LogP) is 7.40. The second-order valence-electron chi connectivity index (χ2n) is 10.5. The van der Waals surface area contributed by atoms with Gasteiger partial charge in [0.05, 0.1) is 10.6 Å². The molecule has 1 atom stereocenters. The van der Waals surface area contributed by atoms with Gasteiger partial charge >= 0.3 is 0 Å². The van der Waals surface area contributed by atoms with Crippen LogP contribution in [0.15, 0.2) is 108 Å². The Kier molecular flexibility index (Phi) is 12.3. The molecule has 0 saturated heterocycles. The third kappa shape index (κ3) is 9.47. The number of nitrogens with one attached hydrogen (secondary N) is 1. The van der Waals surface area contributed by atoms with Crippen LogP contribution in [0.2, 0.25) is 15.1 Å². The summed E-state index contributed by atoms with van der Waals surface area (Å²) >= 11 is 18.7. The number of amides is 2. The molecule has 0 aromatic heterocycles. The zero-order valence-corrected chi connectivity index (χ0v) is 27.8. The van der Waals surface area contributed by atoms with Gasteiger partial charge in [-0.1, -0.05) is 109 Å². The van der Waals surface area contributed by atoms with Crippen molar-refractivity contribution in [2.75, 3.05) is 17.4 Å². The highest BCUT2D eigenvalue weighted by Gasteiger charge is 2.34. The van der Waals surface area contributed by atoms with Gasteiger partial charge in [-0.25, -0.2) is 8.42 Å². The van der Waals surface area contributed by atoms with Crippen LogP contribution in [0.3, 0.4) is 0 Å². The summed E-state index contributed by atoms with van der Waals surface area (Å²) in [5.41, 5.74) is 1.68. The van der Waals surface area contributed by atoms with Gasteiger partial charge in [-0.2, -0.15) is 0 Å². The van der Waals surface area contributed by atoms with E-state index in [1.54, 1.807) is 42.5 Å². The molecule has 0 heterocycles. The van der Waals surface area contributed by atoms with Crippen LogP contribution in [0.4, 0.5) is 5.69 Å². The fraction of sp³-hybridized carbons (Fsp3) is 0.235. The molecule has 4 aromatic rings. The van der Waals surface area contributed by atoms with Crippen LogP contribution in [-0.4, -0.2) is 44.3 Å². The molecule has 0 spiro atoms. The van der Waals surface area contributed by atoms with Gasteiger partial charge < -0.3 is 10.2 Å². The molecule has 4 aromatic carbocycles. The van der Waals surface area contributed by atoms with E-state index in [1.165, 1.54) is 35.2 Å². The average molecular weight is 687 g/mol. The summed E-state index contributed by atoms with van der Waals surface area (Å²) in [5.74, 6) is -0.926. The summed E-state index contributed by atoms with van der Waals surface area (Å²) in [4.78, 5) is 29.7. The van der Waals surface area contributed by atoms with Gasteiger partial charge in [0, 0.05) is 34.6 Å². The molecular formula is C34H34Cl3N3O4S. The summed E-state index contributed by atoms with van der Waals surface area (Å²) in [6.45, 7) is 1.88. The van der Waals surface area contributed by atoms with Crippen molar-refractivity contribution in [2.24, 2.45) is 0 Å². The van der Waals surface area contributed by atoms with Crippen molar-refractivity contribution in [1.82, 2.24) is 10.2 Å². The highest BCUT2D eigenvalue weighted by molar-refractivity contribution is 7.92. The van der Waals surface area contributed by atoms with Crippen molar-refractivity contribution < 1.29 is 18.0 Å². The molecule has 0 fully saturated rings. The first kappa shape index (κ1) is 34.3. The molecule has 4 rings (SSSR count). The minimum atomic E-state index is -4.27. The van der Waals surface area contributed by atoms with Crippen LogP contribution in [0.25, 0.3) is 0 Å². The number of rotatable bonds is 14. The number of sulfonamides is 1. The molecule has 11 heteroatoms. The molecule has 236 valence electrons. The molecule has 0 unspecified atom stereocenters. The van der Waals surface area contributed by atoms with Crippen molar-refractivity contribution in [3.63, 3.8) is 0 Å². The van der Waals surface area contributed by atoms with E-state index in [0.29, 0.717) is 11.6 Å². The lowest BCUT2D eigenvalue weighted by atomic mass is 10.0. The number of hydrogen-bond donors (Lipinski definition) is 1. The average Bonchev–Trinajstić information content (AvgIpc) is 3.02. The van der Waals surface area contributed by atoms with E-state index >= 15 is 0 Å². The molecule has 2 amide bonds. The summed E-state index contributed by atoms with van der Waals surface area (Å²) in [5, 5.41) is 3.90. The quantitative estimate of drug-likeness (QED) is 0.140. The van der Waals surface area contributed by atoms with Gasteiger partial charge in [0.25, 0.3) is 10.0 Å². The molecule has 0 bridgehead atoms. The van der Waals surface area contributed by atoms with E-state index in [2.05, 4.69) is 5.32 Å². The van der Waals surface area contributed by atoms with Crippen molar-refractivity contribution in [3.05, 3.63) is 129 Å². The van der Waals surface area contributed by atoms with Crippen molar-refractivity contribution in [2.45, 2.75) is 43.7 Å². The maximum atomic E-state index is 14.5. The maximum absolute atomic E-state index is 14.5. The molecule has 7 nitrogen and oxygen atoms in total. The number of nitrogens with zero attached hydrogens (tertiary/aromatic N) is 2. The molecule has 0 radical (unpaired) electrons. The van der Waals surface area contributed by atoms with E-state index in [9.17, 15) is 18.0 Å². The zero-order valence-electron chi connectivity index (χ0n) is 24.7. The number of anilines is 1. The van der Waals surface area contributed by atoms with Gasteiger partial charge in [-0.05, 0) is 60.0 Å². The summed E-state index contributed by atoms with van der Waals surface area (Å²) in [6.07, 6.45) is 1.87. The van der Waals surface area contributed by atoms with Crippen LogP contribution < -0.4 is 9.62 Å². The van der Waals surface area contributed by atoms with Crippen LogP contribution in [-0.2, 0) is 32.6 Å². The number of carbonyl (C=O) groups excluding carboxylic acids is 2. The minimum Gasteiger partial charge on any atom is -0.354 e. The smallest absolute Gasteiger partial charge is 0.264 e. The Hall–Kier alpha value is -3.56. The number of hydrogen-bond acceptors (Lipinski definition) is 4. The number of unbranched alkanes of at least 4 members (excludes halogenated alkanes) is 1. The summed E-state index contributed by atoms with van der Waals surface area (Å²) in [6, 6.07) is 27.5. The first-order valence-electron chi connectivity index (χ1n) is 14.5. The SMILES string of the molecule is CCCCNC(=O)[C@@H](Cc1ccccc1)N(Cc1ccc(Cl)cc1)C(=O)CN(c1cc(Cl)cc(Cl)c1)S(=O)(=O)c1ccccc1. The standard InChI is InChI=1S/C34H34Cl3N3O4S/c1-2-3-18-38-34(42)32(19-25-10-6-4-7-11-25)39(23-26-14-16-27(35)17-15-26)33(41)24-40(30-21-28(36)20-29(37)22-30)45(43,44)31-12-8-5-9-13-31/h4-17,20-22,32H,2-3,18-19,23-24H2,1H3,(H,38,42)/t32-/m1/s1. The largest absolute Gasteiger partial charge is 0.354 e. The second-order valence-corrected chi connectivity index (χ2v) is 13.6. The van der Waals surface area contributed by atoms with Gasteiger partial charge in [0.1, 0.15) is 12.6 Å². The van der Waals surface area contributed by atoms with Gasteiger partial charge in [-0.3, -0.25) is 13.9 Å². The Morgan fingerprint density at radius 2 is 1.38 bits per heavy atom. The zero-order chi connectivity index (χ0) is 32.4. The maximum Gasteiger partial charge on any atom is 0.264 e. The third-order valence-electron chi connectivity index (χ3n) is 7.11. The lowest BCUT2D eigenvalue weighted by molar-refractivity contribution is -0.140. The van der Waals surface area contributed by atoms with Crippen LogP contribution in [0.1, 0.15) is 30.9 Å². The first-order chi connectivity index (χ1) is 21.6. The molecule has 0 aliphatic carbocycles. The Labute approximate surface area is 279 Å². The number of carbonyl (C=O) groups is 2. The lowest BCUT2D eigenvalue weighted by Gasteiger charge is -2.34. The highest BCUT2D eigenvalue weighted by Crippen LogP contribution is 2.30. The second kappa shape index (κ2) is 16.1. The molecule has 0 saturated carbocycles. The number of benzene rings is 4. The Bertz CT molecular complexity index is 1670. The van der Waals surface area contributed by atoms with E-state index in [1.807, 2.05) is 37.3 Å². The number of halogens is 3. The van der Waals surface area contributed by atoms with Gasteiger partial charge in [0.2, 0.25) is 11.8 Å². The summed E-state index contributed by atoms with van der Waals surface area (Å²) in [7, 11) is -4.27. The predicted molar refractivity (Wildman–Crippen MR) is 181 cm³/mol. The van der Waals surface area contributed by atoms with Crippen molar-refractivity contribution >= 4 is 62.3 Å². The van der Waals surface area contributed by atoms with Crippen LogP contribution in [0.5, 0.6) is 0 Å². The van der Waals surface area contributed by atoms with E-state index in [-0.39, 0.29) is 39.5 Å². The van der Waals surface area contributed by atoms with E-state index in [0.717, 1.165) is 28.3 Å². The third-order valence-corrected chi connectivity index (χ3v) is 9.59. The molecule has 45 heavy (non-hydrogen) atoms. The monoisotopic (exact) mass is 685 g/mol. The van der Waals surface area contributed by atoms with E-state index < -0.39 is 28.5 Å². The Morgan fingerprint density at radius 3 is 1.98 bits per heavy atom.